The molecule has 0 unspecified atom stereocenters. The van der Waals surface area contributed by atoms with Crippen LogP contribution in [0.1, 0.15) is 30.0 Å². The number of aromatic amines is 1. The summed E-state index contributed by atoms with van der Waals surface area (Å²) in [6, 6.07) is 8.79. The smallest absolute Gasteiger partial charge is 0.317 e. The molecule has 2 aromatic heterocycles. The van der Waals surface area contributed by atoms with Crippen LogP contribution in [-0.2, 0) is 6.54 Å². The number of benzene rings is 1. The van der Waals surface area contributed by atoms with Crippen LogP contribution in [0.25, 0.3) is 22.2 Å². The lowest BCUT2D eigenvalue weighted by Gasteiger charge is -2.05. The summed E-state index contributed by atoms with van der Waals surface area (Å²) in [5.41, 5.74) is 12.2. The van der Waals surface area contributed by atoms with Crippen molar-refractivity contribution in [1.82, 2.24) is 10.3 Å². The van der Waals surface area contributed by atoms with E-state index in [2.05, 4.69) is 29.5 Å². The predicted molar refractivity (Wildman–Crippen MR) is 99.7 cm³/mol. The van der Waals surface area contributed by atoms with Crippen LogP contribution in [0.2, 0.25) is 0 Å². The molecule has 136 valence electrons. The lowest BCUT2D eigenvalue weighted by Crippen LogP contribution is -2.22. The van der Waals surface area contributed by atoms with Crippen LogP contribution in [0.3, 0.4) is 0 Å². The molecular weight excluding hydrogens is 334 g/mol. The molecular formula is C18H21N5O3. The van der Waals surface area contributed by atoms with Crippen molar-refractivity contribution in [2.75, 3.05) is 5.32 Å². The van der Waals surface area contributed by atoms with Crippen molar-refractivity contribution in [3.8, 4) is 11.3 Å². The molecule has 0 saturated heterocycles. The van der Waals surface area contributed by atoms with Gasteiger partial charge in [-0.2, -0.15) is 0 Å². The Labute approximate surface area is 149 Å². The first kappa shape index (κ1) is 17.6. The molecule has 0 aliphatic carbocycles. The van der Waals surface area contributed by atoms with E-state index in [4.69, 9.17) is 15.9 Å². The van der Waals surface area contributed by atoms with Crippen molar-refractivity contribution in [1.29, 1.82) is 0 Å². The molecule has 0 fully saturated rings. The lowest BCUT2D eigenvalue weighted by molar-refractivity contribution is 0.100. The van der Waals surface area contributed by atoms with Gasteiger partial charge in [0.15, 0.2) is 0 Å². The minimum atomic E-state index is -0.785. The van der Waals surface area contributed by atoms with Gasteiger partial charge in [0.05, 0.1) is 12.1 Å². The quantitative estimate of drug-likeness (QED) is 0.463. The Hall–Kier alpha value is -3.26. The van der Waals surface area contributed by atoms with E-state index in [1.54, 1.807) is 6.07 Å². The minimum Gasteiger partial charge on any atom is -0.460 e. The molecule has 3 rings (SSSR count). The third kappa shape index (κ3) is 3.55. The number of hydrogen-bond acceptors (Lipinski definition) is 4. The molecule has 3 amide bonds. The molecule has 2 heterocycles. The first-order chi connectivity index (χ1) is 12.3. The van der Waals surface area contributed by atoms with Gasteiger partial charge in [0.2, 0.25) is 0 Å². The Balaban J connectivity index is 1.96. The van der Waals surface area contributed by atoms with Crippen molar-refractivity contribution in [2.24, 2.45) is 11.5 Å². The van der Waals surface area contributed by atoms with E-state index >= 15 is 0 Å². The number of rotatable bonds is 6. The standard InChI is InChI=1S/C18H21N5O3/c1-9(2)21-8-11-4-6-14(26-11)10-3-5-12-13(7-10)22-17(23-18(20)25)15(12)16(19)24/h3-7,9,21-22H,8H2,1-2H3,(H2,19,24)(H3,20,23,25). The van der Waals surface area contributed by atoms with Gasteiger partial charge in [-0.15, -0.1) is 0 Å². The molecule has 0 spiro atoms. The number of hydrogen-bond donors (Lipinski definition) is 5. The molecule has 8 heteroatoms. The summed E-state index contributed by atoms with van der Waals surface area (Å²) in [5.74, 6) is 1.05. The van der Waals surface area contributed by atoms with Gasteiger partial charge in [0.1, 0.15) is 17.3 Å². The monoisotopic (exact) mass is 355 g/mol. The van der Waals surface area contributed by atoms with Crippen LogP contribution in [-0.4, -0.2) is 23.0 Å². The average molecular weight is 355 g/mol. The second-order valence-corrected chi connectivity index (χ2v) is 6.29. The lowest BCUT2D eigenvalue weighted by atomic mass is 10.1. The first-order valence-corrected chi connectivity index (χ1v) is 8.19. The normalized spacial score (nSPS) is 11.2. The molecule has 26 heavy (non-hydrogen) atoms. The number of nitrogens with two attached hydrogens (primary N) is 2. The third-order valence-electron chi connectivity index (χ3n) is 3.92. The van der Waals surface area contributed by atoms with Gasteiger partial charge in [0, 0.05) is 22.5 Å². The van der Waals surface area contributed by atoms with Crippen molar-refractivity contribution in [2.45, 2.75) is 26.4 Å². The molecule has 0 saturated carbocycles. The number of furan rings is 1. The summed E-state index contributed by atoms with van der Waals surface area (Å²) in [7, 11) is 0. The van der Waals surface area contributed by atoms with Gasteiger partial charge < -0.3 is 26.2 Å². The van der Waals surface area contributed by atoms with Crippen LogP contribution in [0.5, 0.6) is 0 Å². The van der Waals surface area contributed by atoms with Gasteiger partial charge in [-0.25, -0.2) is 4.79 Å². The van der Waals surface area contributed by atoms with Crippen molar-refractivity contribution in [3.63, 3.8) is 0 Å². The zero-order chi connectivity index (χ0) is 18.8. The van der Waals surface area contributed by atoms with E-state index in [1.807, 2.05) is 24.3 Å². The Morgan fingerprint density at radius 1 is 1.19 bits per heavy atom. The fourth-order valence-corrected chi connectivity index (χ4v) is 2.76. The van der Waals surface area contributed by atoms with Gasteiger partial charge in [0.25, 0.3) is 5.91 Å². The SMILES string of the molecule is CC(C)NCc1ccc(-c2ccc3c(C(N)=O)c(NC(N)=O)[nH]c3c2)o1. The average Bonchev–Trinajstić information content (AvgIpc) is 3.15. The maximum atomic E-state index is 11.7. The summed E-state index contributed by atoms with van der Waals surface area (Å²) >= 11 is 0. The van der Waals surface area contributed by atoms with E-state index < -0.39 is 11.9 Å². The number of aromatic nitrogens is 1. The number of carbonyl (C=O) groups is 2. The molecule has 1 aromatic carbocycles. The molecule has 0 aliphatic heterocycles. The number of nitrogens with one attached hydrogen (secondary N) is 3. The Kier molecular flexibility index (Phi) is 4.68. The van der Waals surface area contributed by atoms with Gasteiger partial charge in [-0.05, 0) is 18.2 Å². The number of amides is 3. The number of anilines is 1. The van der Waals surface area contributed by atoms with E-state index in [-0.39, 0.29) is 11.4 Å². The summed E-state index contributed by atoms with van der Waals surface area (Å²) in [5, 5.41) is 6.28. The minimum absolute atomic E-state index is 0.179. The second-order valence-electron chi connectivity index (χ2n) is 6.29. The number of fused-ring (bicyclic) bond motifs is 1. The van der Waals surface area contributed by atoms with E-state index in [1.165, 1.54) is 0 Å². The van der Waals surface area contributed by atoms with Crippen molar-refractivity contribution >= 4 is 28.7 Å². The first-order valence-electron chi connectivity index (χ1n) is 8.19. The summed E-state index contributed by atoms with van der Waals surface area (Å²) < 4.78 is 5.86. The van der Waals surface area contributed by atoms with E-state index in [0.717, 1.165) is 11.3 Å². The van der Waals surface area contributed by atoms with Gasteiger partial charge >= 0.3 is 6.03 Å². The molecule has 0 radical (unpaired) electrons. The summed E-state index contributed by atoms with van der Waals surface area (Å²) in [4.78, 5) is 25.9. The van der Waals surface area contributed by atoms with E-state index in [0.29, 0.717) is 29.2 Å². The number of H-pyrrole nitrogens is 1. The summed E-state index contributed by atoms with van der Waals surface area (Å²) in [6.07, 6.45) is 0. The highest BCUT2D eigenvalue weighted by atomic mass is 16.3. The number of urea groups is 1. The number of primary amides is 2. The molecule has 3 aromatic rings. The van der Waals surface area contributed by atoms with Gasteiger partial charge in [-0.3, -0.25) is 10.1 Å². The zero-order valence-electron chi connectivity index (χ0n) is 14.6. The maximum absolute atomic E-state index is 11.7. The maximum Gasteiger partial charge on any atom is 0.317 e. The van der Waals surface area contributed by atoms with Gasteiger partial charge in [-0.1, -0.05) is 26.0 Å². The van der Waals surface area contributed by atoms with Crippen LogP contribution in [0.15, 0.2) is 34.7 Å². The molecule has 7 N–H and O–H groups in total. The fourth-order valence-electron chi connectivity index (χ4n) is 2.76. The highest BCUT2D eigenvalue weighted by Gasteiger charge is 2.18. The Bertz CT molecular complexity index is 971. The Morgan fingerprint density at radius 3 is 2.62 bits per heavy atom. The van der Waals surface area contributed by atoms with Crippen LogP contribution < -0.4 is 22.1 Å². The highest BCUT2D eigenvalue weighted by Crippen LogP contribution is 2.31. The number of carbonyl (C=O) groups excluding carboxylic acids is 2. The van der Waals surface area contributed by atoms with E-state index in [9.17, 15) is 9.59 Å². The Morgan fingerprint density at radius 2 is 1.96 bits per heavy atom. The molecule has 0 bridgehead atoms. The van der Waals surface area contributed by atoms with Crippen molar-refractivity contribution < 1.29 is 14.0 Å². The summed E-state index contributed by atoms with van der Waals surface area (Å²) in [6.45, 7) is 4.77. The van der Waals surface area contributed by atoms with Crippen LogP contribution in [0.4, 0.5) is 10.6 Å². The zero-order valence-corrected chi connectivity index (χ0v) is 14.6. The molecule has 0 atom stereocenters. The second kappa shape index (κ2) is 6.93. The van der Waals surface area contributed by atoms with Crippen molar-refractivity contribution in [3.05, 3.63) is 41.7 Å². The largest absolute Gasteiger partial charge is 0.460 e. The third-order valence-corrected chi connectivity index (χ3v) is 3.92. The molecule has 8 nitrogen and oxygen atoms in total. The molecule has 0 aliphatic rings. The van der Waals surface area contributed by atoms with Crippen LogP contribution >= 0.6 is 0 Å². The predicted octanol–water partition coefficient (Wildman–Crippen LogP) is 2.52. The van der Waals surface area contributed by atoms with Crippen LogP contribution in [0, 0.1) is 0 Å². The highest BCUT2D eigenvalue weighted by molar-refractivity contribution is 6.13. The topological polar surface area (TPSA) is 139 Å². The fraction of sp³-hybridized carbons (Fsp3) is 0.222.